The van der Waals surface area contributed by atoms with E-state index in [1.54, 1.807) is 16.6 Å². The highest BCUT2D eigenvalue weighted by atomic mass is 32.2. The number of para-hydroxylation sites is 2. The number of hydrogen-bond donors (Lipinski definition) is 0. The van der Waals surface area contributed by atoms with E-state index in [1.807, 2.05) is 68.4 Å². The van der Waals surface area contributed by atoms with Crippen molar-refractivity contribution < 1.29 is 4.79 Å². The summed E-state index contributed by atoms with van der Waals surface area (Å²) in [6.45, 7) is 3.87. The molecule has 0 saturated carbocycles. The highest BCUT2D eigenvalue weighted by molar-refractivity contribution is 8.00. The zero-order valence-electron chi connectivity index (χ0n) is 14.3. The summed E-state index contributed by atoms with van der Waals surface area (Å²) >= 11 is 1.35. The molecule has 1 atom stereocenters. The number of aryl methyl sites for hydroxylation is 1. The van der Waals surface area contributed by atoms with Gasteiger partial charge in [0.1, 0.15) is 0 Å². The maximum absolute atomic E-state index is 12.7. The summed E-state index contributed by atoms with van der Waals surface area (Å²) in [5, 5.41) is 12.2. The number of amides is 1. The zero-order chi connectivity index (χ0) is 17.8. The standard InChI is InChI=1S/C18H19N5OS/c1-13-9-7-8-12-16(13)23-18(19-20-21-23)25-14(2)17(24)22(3)15-10-5-4-6-11-15/h4-12,14H,1-3H3/t14-/m0/s1. The smallest absolute Gasteiger partial charge is 0.240 e. The Morgan fingerprint density at radius 2 is 1.80 bits per heavy atom. The van der Waals surface area contributed by atoms with Crippen molar-refractivity contribution >= 4 is 23.4 Å². The molecule has 1 amide bonds. The van der Waals surface area contributed by atoms with Gasteiger partial charge in [-0.15, -0.1) is 5.10 Å². The van der Waals surface area contributed by atoms with Gasteiger partial charge < -0.3 is 4.90 Å². The van der Waals surface area contributed by atoms with Crippen LogP contribution in [0.25, 0.3) is 5.69 Å². The van der Waals surface area contributed by atoms with Crippen LogP contribution in [-0.4, -0.2) is 38.4 Å². The maximum Gasteiger partial charge on any atom is 0.240 e. The average molecular weight is 353 g/mol. The number of carbonyl (C=O) groups is 1. The molecule has 0 spiro atoms. The van der Waals surface area contributed by atoms with E-state index >= 15 is 0 Å². The van der Waals surface area contributed by atoms with Gasteiger partial charge >= 0.3 is 0 Å². The summed E-state index contributed by atoms with van der Waals surface area (Å²) in [4.78, 5) is 14.4. The molecule has 2 aromatic carbocycles. The monoisotopic (exact) mass is 353 g/mol. The molecule has 1 aromatic heterocycles. The highest BCUT2D eigenvalue weighted by Crippen LogP contribution is 2.26. The summed E-state index contributed by atoms with van der Waals surface area (Å²) in [5.74, 6) is -0.00414. The third kappa shape index (κ3) is 3.71. The Kier molecular flexibility index (Phi) is 5.14. The Hall–Kier alpha value is -2.67. The van der Waals surface area contributed by atoms with E-state index in [-0.39, 0.29) is 11.2 Å². The van der Waals surface area contributed by atoms with E-state index in [4.69, 9.17) is 0 Å². The molecule has 6 nitrogen and oxygen atoms in total. The van der Waals surface area contributed by atoms with Crippen molar-refractivity contribution in [3.63, 3.8) is 0 Å². The molecule has 0 unspecified atom stereocenters. The second-order valence-corrected chi connectivity index (χ2v) is 6.96. The van der Waals surface area contributed by atoms with Crippen LogP contribution in [-0.2, 0) is 4.79 Å². The maximum atomic E-state index is 12.7. The van der Waals surface area contributed by atoms with E-state index in [2.05, 4.69) is 15.5 Å². The van der Waals surface area contributed by atoms with Gasteiger partial charge in [-0.05, 0) is 48.0 Å². The van der Waals surface area contributed by atoms with Gasteiger partial charge in [-0.25, -0.2) is 0 Å². The number of benzene rings is 2. The van der Waals surface area contributed by atoms with E-state index < -0.39 is 0 Å². The Morgan fingerprint density at radius 1 is 1.12 bits per heavy atom. The molecule has 3 aromatic rings. The van der Waals surface area contributed by atoms with Crippen LogP contribution in [0.2, 0.25) is 0 Å². The minimum atomic E-state index is -0.320. The quantitative estimate of drug-likeness (QED) is 0.660. The third-order valence-corrected chi connectivity index (χ3v) is 4.91. The second kappa shape index (κ2) is 7.48. The largest absolute Gasteiger partial charge is 0.315 e. The molecule has 128 valence electrons. The zero-order valence-corrected chi connectivity index (χ0v) is 15.1. The number of thioether (sulfide) groups is 1. The van der Waals surface area contributed by atoms with Crippen molar-refractivity contribution in [2.45, 2.75) is 24.3 Å². The van der Waals surface area contributed by atoms with Gasteiger partial charge in [-0.2, -0.15) is 4.68 Å². The Morgan fingerprint density at radius 3 is 2.52 bits per heavy atom. The van der Waals surface area contributed by atoms with Crippen LogP contribution >= 0.6 is 11.8 Å². The fraction of sp³-hybridized carbons (Fsp3) is 0.222. The highest BCUT2D eigenvalue weighted by Gasteiger charge is 2.23. The van der Waals surface area contributed by atoms with E-state index in [1.165, 1.54) is 11.8 Å². The molecule has 0 fully saturated rings. The molecule has 0 bridgehead atoms. The molecule has 3 rings (SSSR count). The van der Waals surface area contributed by atoms with Crippen molar-refractivity contribution in [3.8, 4) is 5.69 Å². The molecule has 7 heteroatoms. The lowest BCUT2D eigenvalue weighted by atomic mass is 10.2. The summed E-state index contributed by atoms with van der Waals surface area (Å²) in [7, 11) is 1.78. The van der Waals surface area contributed by atoms with Gasteiger partial charge in [0.05, 0.1) is 10.9 Å². The van der Waals surface area contributed by atoms with Crippen LogP contribution in [0, 0.1) is 6.92 Å². The van der Waals surface area contributed by atoms with Gasteiger partial charge in [-0.1, -0.05) is 48.2 Å². The van der Waals surface area contributed by atoms with Crippen molar-refractivity contribution in [2.24, 2.45) is 0 Å². The topological polar surface area (TPSA) is 63.9 Å². The third-order valence-electron chi connectivity index (χ3n) is 3.89. The average Bonchev–Trinajstić information content (AvgIpc) is 3.09. The molecule has 0 aliphatic carbocycles. The van der Waals surface area contributed by atoms with Gasteiger partial charge in [0.25, 0.3) is 0 Å². The molecule has 0 aliphatic heterocycles. The first-order valence-corrected chi connectivity index (χ1v) is 8.79. The van der Waals surface area contributed by atoms with Crippen molar-refractivity contribution in [2.75, 3.05) is 11.9 Å². The Labute approximate surface area is 150 Å². The molecular formula is C18H19N5OS. The van der Waals surface area contributed by atoms with Crippen LogP contribution in [0.3, 0.4) is 0 Å². The van der Waals surface area contributed by atoms with Crippen LogP contribution in [0.5, 0.6) is 0 Å². The van der Waals surface area contributed by atoms with Gasteiger partial charge in [-0.3, -0.25) is 4.79 Å². The fourth-order valence-corrected chi connectivity index (χ4v) is 3.36. The first kappa shape index (κ1) is 17.2. The second-order valence-electron chi connectivity index (χ2n) is 5.65. The number of hydrogen-bond acceptors (Lipinski definition) is 5. The van der Waals surface area contributed by atoms with Gasteiger partial charge in [0.2, 0.25) is 11.1 Å². The number of nitrogens with zero attached hydrogens (tertiary/aromatic N) is 5. The first-order chi connectivity index (χ1) is 12.1. The number of rotatable bonds is 5. The van der Waals surface area contributed by atoms with E-state index in [0.717, 1.165) is 16.9 Å². The van der Waals surface area contributed by atoms with Crippen molar-refractivity contribution in [1.29, 1.82) is 0 Å². The molecule has 1 heterocycles. The van der Waals surface area contributed by atoms with Crippen LogP contribution in [0.15, 0.2) is 59.8 Å². The summed E-state index contributed by atoms with van der Waals surface area (Å²) < 4.78 is 1.67. The lowest BCUT2D eigenvalue weighted by molar-refractivity contribution is -0.117. The van der Waals surface area contributed by atoms with Crippen molar-refractivity contribution in [1.82, 2.24) is 20.2 Å². The normalized spacial score (nSPS) is 12.0. The Balaban J connectivity index is 1.78. The molecule has 0 radical (unpaired) electrons. The first-order valence-electron chi connectivity index (χ1n) is 7.91. The summed E-state index contributed by atoms with van der Waals surface area (Å²) in [6.07, 6.45) is 0. The predicted molar refractivity (Wildman–Crippen MR) is 99.1 cm³/mol. The minimum absolute atomic E-state index is 0.00414. The lowest BCUT2D eigenvalue weighted by Gasteiger charge is -2.21. The number of tetrazole rings is 1. The fourth-order valence-electron chi connectivity index (χ4n) is 2.46. The van der Waals surface area contributed by atoms with E-state index in [9.17, 15) is 4.79 Å². The SMILES string of the molecule is Cc1ccccc1-n1nnnc1S[C@@H](C)C(=O)N(C)c1ccccc1. The minimum Gasteiger partial charge on any atom is -0.315 e. The van der Waals surface area contributed by atoms with Gasteiger partial charge in [0.15, 0.2) is 0 Å². The number of anilines is 1. The Bertz CT molecular complexity index is 865. The number of carbonyl (C=O) groups excluding carboxylic acids is 1. The van der Waals surface area contributed by atoms with Gasteiger partial charge in [0, 0.05) is 12.7 Å². The predicted octanol–water partition coefficient (Wildman–Crippen LogP) is 3.11. The lowest BCUT2D eigenvalue weighted by Crippen LogP contribution is -2.33. The molecule has 0 saturated heterocycles. The summed E-state index contributed by atoms with van der Waals surface area (Å²) in [6, 6.07) is 17.4. The molecule has 0 aliphatic rings. The molecule has 25 heavy (non-hydrogen) atoms. The van der Waals surface area contributed by atoms with Crippen LogP contribution in [0.4, 0.5) is 5.69 Å². The van der Waals surface area contributed by atoms with Crippen LogP contribution in [0.1, 0.15) is 12.5 Å². The van der Waals surface area contributed by atoms with Crippen molar-refractivity contribution in [3.05, 3.63) is 60.2 Å². The number of aromatic nitrogens is 4. The van der Waals surface area contributed by atoms with E-state index in [0.29, 0.717) is 5.16 Å². The summed E-state index contributed by atoms with van der Waals surface area (Å²) in [5.41, 5.74) is 2.83. The van der Waals surface area contributed by atoms with Crippen LogP contribution < -0.4 is 4.90 Å². The molecule has 0 N–H and O–H groups in total. The molecular weight excluding hydrogens is 334 g/mol.